The Hall–Kier alpha value is -3.93. The number of hydrogen-bond donors (Lipinski definition) is 1. The molecule has 3 aromatic carbocycles. The monoisotopic (exact) mass is 482 g/mol. The first kappa shape index (κ1) is 25.2. The maximum Gasteiger partial charge on any atom is 0.221 e. The van der Waals surface area contributed by atoms with Gasteiger partial charge in [-0.3, -0.25) is 4.79 Å². The number of carbonyl (C=O) groups excluding carboxylic acids is 1. The predicted octanol–water partition coefficient (Wildman–Crippen LogP) is 5.66. The predicted molar refractivity (Wildman–Crippen MR) is 146 cm³/mol. The molecule has 1 aromatic heterocycles. The molecule has 186 valence electrons. The van der Waals surface area contributed by atoms with Gasteiger partial charge in [0, 0.05) is 36.5 Å². The van der Waals surface area contributed by atoms with E-state index >= 15 is 0 Å². The van der Waals surface area contributed by atoms with Gasteiger partial charge in [0.2, 0.25) is 5.91 Å². The van der Waals surface area contributed by atoms with Gasteiger partial charge < -0.3 is 15.0 Å². The van der Waals surface area contributed by atoms with Gasteiger partial charge in [-0.15, -0.1) is 0 Å². The topological polar surface area (TPSA) is 67.4 Å². The molecule has 0 fully saturated rings. The van der Waals surface area contributed by atoms with E-state index in [4.69, 9.17) is 14.7 Å². The molecule has 0 aliphatic carbocycles. The number of methoxy groups -OCH3 is 1. The van der Waals surface area contributed by atoms with Gasteiger partial charge in [0.05, 0.1) is 12.6 Å². The van der Waals surface area contributed by atoms with Crippen LogP contribution in [0, 0.1) is 0 Å². The van der Waals surface area contributed by atoms with Crippen molar-refractivity contribution in [2.45, 2.75) is 39.2 Å². The molecule has 1 unspecified atom stereocenters. The number of hydrogen-bond acceptors (Lipinski definition) is 5. The highest BCUT2D eigenvalue weighted by atomic mass is 16.5. The van der Waals surface area contributed by atoms with E-state index in [1.807, 2.05) is 55.5 Å². The van der Waals surface area contributed by atoms with Gasteiger partial charge in [-0.05, 0) is 61.7 Å². The van der Waals surface area contributed by atoms with E-state index in [-0.39, 0.29) is 11.9 Å². The van der Waals surface area contributed by atoms with Gasteiger partial charge in [0.25, 0.3) is 0 Å². The Morgan fingerprint density at radius 1 is 0.944 bits per heavy atom. The fraction of sp³-hybridized carbons (Fsp3) is 0.300. The molecule has 1 N–H and O–H groups in total. The van der Waals surface area contributed by atoms with Gasteiger partial charge in [-0.1, -0.05) is 49.4 Å². The SMILES string of the molecule is CCC(C)NC(=O)CCN(CCc1ccccc1)c1nc(-c2ccc(OC)cc2)nc2ccccc12. The molecule has 4 rings (SSSR count). The summed E-state index contributed by atoms with van der Waals surface area (Å²) < 4.78 is 5.31. The molecule has 1 heterocycles. The standard InChI is InChI=1S/C30H34N4O2/c1-4-22(2)31-28(35)19-21-34(20-18-23-10-6-5-7-11-23)30-26-12-8-9-13-27(26)32-29(33-30)24-14-16-25(36-3)17-15-24/h5-17,22H,4,18-21H2,1-3H3,(H,31,35). The van der Waals surface area contributed by atoms with Crippen LogP contribution >= 0.6 is 0 Å². The first-order valence-electron chi connectivity index (χ1n) is 12.6. The minimum Gasteiger partial charge on any atom is -0.497 e. The summed E-state index contributed by atoms with van der Waals surface area (Å²) in [6, 6.07) is 26.4. The second kappa shape index (κ2) is 12.2. The summed E-state index contributed by atoms with van der Waals surface area (Å²) >= 11 is 0. The number of aromatic nitrogens is 2. The van der Waals surface area contributed by atoms with Crippen LogP contribution in [0.2, 0.25) is 0 Å². The molecule has 1 amide bonds. The lowest BCUT2D eigenvalue weighted by atomic mass is 10.1. The smallest absolute Gasteiger partial charge is 0.221 e. The van der Waals surface area contributed by atoms with Crippen LogP contribution in [0.3, 0.4) is 0 Å². The summed E-state index contributed by atoms with van der Waals surface area (Å²) in [6.45, 7) is 5.41. The Morgan fingerprint density at radius 2 is 1.67 bits per heavy atom. The lowest BCUT2D eigenvalue weighted by Crippen LogP contribution is -2.36. The molecule has 1 atom stereocenters. The molecule has 6 nitrogen and oxygen atoms in total. The van der Waals surface area contributed by atoms with Crippen LogP contribution in [0.4, 0.5) is 5.82 Å². The largest absolute Gasteiger partial charge is 0.497 e. The Bertz CT molecular complexity index is 1280. The van der Waals surface area contributed by atoms with Crippen LogP contribution < -0.4 is 15.0 Å². The Balaban J connectivity index is 1.69. The molecule has 36 heavy (non-hydrogen) atoms. The maximum atomic E-state index is 12.7. The van der Waals surface area contributed by atoms with Crippen molar-refractivity contribution in [1.29, 1.82) is 0 Å². The van der Waals surface area contributed by atoms with Crippen LogP contribution in [0.5, 0.6) is 5.75 Å². The number of ether oxygens (including phenoxy) is 1. The third-order valence-electron chi connectivity index (χ3n) is 6.37. The van der Waals surface area contributed by atoms with Gasteiger partial charge in [0.1, 0.15) is 11.6 Å². The summed E-state index contributed by atoms with van der Waals surface area (Å²) in [6.07, 6.45) is 2.16. The highest BCUT2D eigenvalue weighted by Gasteiger charge is 2.17. The fourth-order valence-corrected chi connectivity index (χ4v) is 4.09. The number of para-hydroxylation sites is 1. The summed E-state index contributed by atoms with van der Waals surface area (Å²) in [4.78, 5) is 24.8. The zero-order valence-corrected chi connectivity index (χ0v) is 21.3. The zero-order valence-electron chi connectivity index (χ0n) is 21.3. The normalized spacial score (nSPS) is 11.8. The second-order valence-corrected chi connectivity index (χ2v) is 8.97. The fourth-order valence-electron chi connectivity index (χ4n) is 4.09. The van der Waals surface area contributed by atoms with Crippen molar-refractivity contribution in [3.63, 3.8) is 0 Å². The summed E-state index contributed by atoms with van der Waals surface area (Å²) in [7, 11) is 1.65. The molecule has 0 aliphatic rings. The van der Waals surface area contributed by atoms with Crippen LogP contribution in [0.15, 0.2) is 78.9 Å². The summed E-state index contributed by atoms with van der Waals surface area (Å²) in [5.74, 6) is 2.35. The van der Waals surface area contributed by atoms with E-state index < -0.39 is 0 Å². The average Bonchev–Trinajstić information content (AvgIpc) is 2.93. The van der Waals surface area contributed by atoms with Crippen molar-refractivity contribution in [2.75, 3.05) is 25.1 Å². The van der Waals surface area contributed by atoms with Crippen molar-refractivity contribution in [1.82, 2.24) is 15.3 Å². The van der Waals surface area contributed by atoms with E-state index in [1.54, 1.807) is 7.11 Å². The van der Waals surface area contributed by atoms with Gasteiger partial charge in [0.15, 0.2) is 5.82 Å². The molecule has 0 bridgehead atoms. The highest BCUT2D eigenvalue weighted by molar-refractivity contribution is 5.91. The summed E-state index contributed by atoms with van der Waals surface area (Å²) in [5, 5.41) is 4.06. The lowest BCUT2D eigenvalue weighted by molar-refractivity contribution is -0.121. The number of benzene rings is 3. The first-order chi connectivity index (χ1) is 17.6. The summed E-state index contributed by atoms with van der Waals surface area (Å²) in [5.41, 5.74) is 3.04. The van der Waals surface area contributed by atoms with Crippen LogP contribution in [-0.2, 0) is 11.2 Å². The van der Waals surface area contributed by atoms with Gasteiger partial charge >= 0.3 is 0 Å². The first-order valence-corrected chi connectivity index (χ1v) is 12.6. The quantitative estimate of drug-likeness (QED) is 0.299. The Labute approximate surface area is 213 Å². The van der Waals surface area contributed by atoms with Gasteiger partial charge in [-0.2, -0.15) is 0 Å². The van der Waals surface area contributed by atoms with Crippen molar-refractivity contribution in [3.8, 4) is 17.1 Å². The Kier molecular flexibility index (Phi) is 8.50. The highest BCUT2D eigenvalue weighted by Crippen LogP contribution is 2.29. The number of anilines is 1. The second-order valence-electron chi connectivity index (χ2n) is 8.97. The maximum absolute atomic E-state index is 12.7. The van der Waals surface area contributed by atoms with Crippen molar-refractivity contribution in [2.24, 2.45) is 0 Å². The molecule has 0 saturated carbocycles. The molecular weight excluding hydrogens is 448 g/mol. The van der Waals surface area contributed by atoms with E-state index in [0.717, 1.165) is 47.4 Å². The number of nitrogens with one attached hydrogen (secondary N) is 1. The average molecular weight is 483 g/mol. The van der Waals surface area contributed by atoms with E-state index in [0.29, 0.717) is 18.8 Å². The minimum atomic E-state index is 0.0581. The van der Waals surface area contributed by atoms with E-state index in [1.165, 1.54) is 5.56 Å². The molecule has 0 aliphatic heterocycles. The molecule has 0 saturated heterocycles. The van der Waals surface area contributed by atoms with Crippen molar-refractivity contribution >= 4 is 22.6 Å². The molecule has 0 radical (unpaired) electrons. The number of amides is 1. The van der Waals surface area contributed by atoms with Crippen molar-refractivity contribution < 1.29 is 9.53 Å². The van der Waals surface area contributed by atoms with Crippen LogP contribution in [0.1, 0.15) is 32.3 Å². The number of fused-ring (bicyclic) bond motifs is 1. The van der Waals surface area contributed by atoms with Gasteiger partial charge in [-0.25, -0.2) is 9.97 Å². The molecule has 0 spiro atoms. The zero-order chi connectivity index (χ0) is 25.3. The number of carbonyl (C=O) groups is 1. The third-order valence-corrected chi connectivity index (χ3v) is 6.37. The van der Waals surface area contributed by atoms with Crippen LogP contribution in [-0.4, -0.2) is 42.1 Å². The Morgan fingerprint density at radius 3 is 2.39 bits per heavy atom. The van der Waals surface area contributed by atoms with E-state index in [2.05, 4.69) is 47.5 Å². The van der Waals surface area contributed by atoms with E-state index in [9.17, 15) is 4.79 Å². The lowest BCUT2D eigenvalue weighted by Gasteiger charge is -2.26. The number of rotatable bonds is 11. The van der Waals surface area contributed by atoms with Crippen molar-refractivity contribution in [3.05, 3.63) is 84.4 Å². The third kappa shape index (κ3) is 6.39. The minimum absolute atomic E-state index is 0.0581. The van der Waals surface area contributed by atoms with Crippen LogP contribution in [0.25, 0.3) is 22.3 Å². The molecule has 4 aromatic rings. The molecular formula is C30H34N4O2. The number of nitrogens with zero attached hydrogens (tertiary/aromatic N) is 3. The molecule has 6 heteroatoms.